The van der Waals surface area contributed by atoms with Gasteiger partial charge in [0.25, 0.3) is 0 Å². The second-order valence-corrected chi connectivity index (χ2v) is 4.50. The highest BCUT2D eigenvalue weighted by Crippen LogP contribution is 2.36. The zero-order valence-electron chi connectivity index (χ0n) is 7.88. The Hall–Kier alpha value is -1.31. The van der Waals surface area contributed by atoms with Gasteiger partial charge in [-0.3, -0.25) is 0 Å². The molecule has 1 aromatic rings. The summed E-state index contributed by atoms with van der Waals surface area (Å²) in [7, 11) is -4.10. The van der Waals surface area contributed by atoms with Crippen molar-refractivity contribution in [2.75, 3.05) is 6.26 Å². The van der Waals surface area contributed by atoms with Crippen molar-refractivity contribution < 1.29 is 30.2 Å². The molecule has 0 amide bonds. The maximum Gasteiger partial charge on any atom is 0.420 e. The molecule has 0 saturated heterocycles. The van der Waals surface area contributed by atoms with Gasteiger partial charge in [-0.05, 0) is 18.2 Å². The molecule has 3 nitrogen and oxygen atoms in total. The Morgan fingerprint density at radius 2 is 1.81 bits per heavy atom. The van der Waals surface area contributed by atoms with E-state index in [4.69, 9.17) is 0 Å². The molecule has 0 spiro atoms. The van der Waals surface area contributed by atoms with Gasteiger partial charge in [-0.2, -0.15) is 21.6 Å². The van der Waals surface area contributed by atoms with E-state index in [-0.39, 0.29) is 6.07 Å². The van der Waals surface area contributed by atoms with Crippen molar-refractivity contribution in [3.63, 3.8) is 0 Å². The molecule has 0 bridgehead atoms. The van der Waals surface area contributed by atoms with Crippen molar-refractivity contribution >= 4 is 10.1 Å². The Kier molecular flexibility index (Phi) is 3.13. The Labute approximate surface area is 88.8 Å². The molecule has 0 radical (unpaired) electrons. The first-order chi connectivity index (χ1) is 7.09. The van der Waals surface area contributed by atoms with Crippen molar-refractivity contribution in [3.8, 4) is 5.75 Å². The second-order valence-electron chi connectivity index (χ2n) is 2.93. The maximum atomic E-state index is 12.6. The Morgan fingerprint density at radius 3 is 2.25 bits per heavy atom. The monoisotopic (exact) mass is 258 g/mol. The molecule has 0 saturated carbocycles. The van der Waals surface area contributed by atoms with Crippen LogP contribution < -0.4 is 4.18 Å². The van der Waals surface area contributed by atoms with Crippen LogP contribution in [-0.2, 0) is 16.3 Å². The van der Waals surface area contributed by atoms with Gasteiger partial charge >= 0.3 is 16.3 Å². The summed E-state index contributed by atoms with van der Waals surface area (Å²) in [5.74, 6) is -2.08. The van der Waals surface area contributed by atoms with Crippen LogP contribution in [0.2, 0.25) is 0 Å². The quantitative estimate of drug-likeness (QED) is 0.603. The van der Waals surface area contributed by atoms with Crippen LogP contribution in [0.4, 0.5) is 17.6 Å². The predicted molar refractivity (Wildman–Crippen MR) is 46.9 cm³/mol. The number of hydrogen-bond acceptors (Lipinski definition) is 3. The third-order valence-corrected chi connectivity index (χ3v) is 1.97. The van der Waals surface area contributed by atoms with Crippen LogP contribution in [-0.4, -0.2) is 14.7 Å². The van der Waals surface area contributed by atoms with Crippen molar-refractivity contribution in [1.82, 2.24) is 0 Å². The molecule has 0 N–H and O–H groups in total. The van der Waals surface area contributed by atoms with Crippen molar-refractivity contribution in [3.05, 3.63) is 29.6 Å². The highest BCUT2D eigenvalue weighted by molar-refractivity contribution is 7.86. The van der Waals surface area contributed by atoms with Gasteiger partial charge in [-0.15, -0.1) is 0 Å². The van der Waals surface area contributed by atoms with Crippen LogP contribution in [0.3, 0.4) is 0 Å². The minimum absolute atomic E-state index is 0.167. The van der Waals surface area contributed by atoms with E-state index in [0.29, 0.717) is 18.4 Å². The highest BCUT2D eigenvalue weighted by atomic mass is 32.2. The van der Waals surface area contributed by atoms with Gasteiger partial charge in [-0.25, -0.2) is 4.39 Å². The van der Waals surface area contributed by atoms with Crippen LogP contribution in [0, 0.1) is 5.82 Å². The molecule has 0 aromatic heterocycles. The van der Waals surface area contributed by atoms with Crippen LogP contribution in [0.25, 0.3) is 0 Å². The van der Waals surface area contributed by atoms with Crippen LogP contribution >= 0.6 is 0 Å². The molecular formula is C8H6F4O3S. The van der Waals surface area contributed by atoms with Crippen molar-refractivity contribution in [2.24, 2.45) is 0 Å². The van der Waals surface area contributed by atoms with E-state index in [2.05, 4.69) is 4.18 Å². The summed E-state index contributed by atoms with van der Waals surface area (Å²) in [5, 5.41) is 0. The molecule has 0 fully saturated rings. The van der Waals surface area contributed by atoms with Crippen molar-refractivity contribution in [1.29, 1.82) is 0 Å². The van der Waals surface area contributed by atoms with Crippen LogP contribution in [0.5, 0.6) is 5.75 Å². The summed E-state index contributed by atoms with van der Waals surface area (Å²) in [5.41, 5.74) is -1.47. The summed E-state index contributed by atoms with van der Waals surface area (Å²) in [6.07, 6.45) is -4.29. The molecule has 90 valence electrons. The summed E-state index contributed by atoms with van der Waals surface area (Å²) < 4.78 is 75.2. The lowest BCUT2D eigenvalue weighted by Crippen LogP contribution is -2.13. The standard InChI is InChI=1S/C8H6F4O3S/c1-16(13,14)15-7-3-2-5(9)4-6(7)8(10,11)12/h2-4H,1H3. The van der Waals surface area contributed by atoms with E-state index in [1.54, 1.807) is 0 Å². The SMILES string of the molecule is CS(=O)(=O)Oc1ccc(F)cc1C(F)(F)F. The van der Waals surface area contributed by atoms with E-state index in [9.17, 15) is 26.0 Å². The maximum absolute atomic E-state index is 12.6. The van der Waals surface area contributed by atoms with Crippen LogP contribution in [0.15, 0.2) is 18.2 Å². The zero-order chi connectivity index (χ0) is 12.6. The van der Waals surface area contributed by atoms with Gasteiger partial charge in [-0.1, -0.05) is 0 Å². The molecular weight excluding hydrogens is 252 g/mol. The topological polar surface area (TPSA) is 43.4 Å². The first-order valence-corrected chi connectivity index (χ1v) is 5.67. The van der Waals surface area contributed by atoms with Gasteiger partial charge in [0.2, 0.25) is 0 Å². The summed E-state index contributed by atoms with van der Waals surface area (Å²) in [4.78, 5) is 0. The molecule has 0 atom stereocenters. The Balaban J connectivity index is 3.29. The van der Waals surface area contributed by atoms with E-state index in [1.807, 2.05) is 0 Å². The summed E-state index contributed by atoms with van der Waals surface area (Å²) in [6, 6.07) is 1.45. The molecule has 16 heavy (non-hydrogen) atoms. The first kappa shape index (κ1) is 12.8. The lowest BCUT2D eigenvalue weighted by atomic mass is 10.2. The first-order valence-electron chi connectivity index (χ1n) is 3.86. The minimum atomic E-state index is -4.89. The smallest absolute Gasteiger partial charge is 0.382 e. The fraction of sp³-hybridized carbons (Fsp3) is 0.250. The van der Waals surface area contributed by atoms with Gasteiger partial charge in [0.1, 0.15) is 11.4 Å². The van der Waals surface area contributed by atoms with E-state index in [0.717, 1.165) is 0 Å². The van der Waals surface area contributed by atoms with E-state index < -0.39 is 33.4 Å². The molecule has 0 aliphatic rings. The van der Waals surface area contributed by atoms with E-state index in [1.165, 1.54) is 0 Å². The van der Waals surface area contributed by atoms with E-state index >= 15 is 0 Å². The Morgan fingerprint density at radius 1 is 1.25 bits per heavy atom. The van der Waals surface area contributed by atoms with Gasteiger partial charge < -0.3 is 4.18 Å². The molecule has 8 heteroatoms. The lowest BCUT2D eigenvalue weighted by molar-refractivity contribution is -0.138. The lowest BCUT2D eigenvalue weighted by Gasteiger charge is -2.12. The fourth-order valence-corrected chi connectivity index (χ4v) is 1.43. The number of halogens is 4. The molecule has 1 aromatic carbocycles. The second kappa shape index (κ2) is 3.93. The van der Waals surface area contributed by atoms with Crippen molar-refractivity contribution in [2.45, 2.75) is 6.18 Å². The minimum Gasteiger partial charge on any atom is -0.382 e. The largest absolute Gasteiger partial charge is 0.420 e. The molecule has 0 unspecified atom stereocenters. The van der Waals surface area contributed by atoms with Gasteiger partial charge in [0, 0.05) is 0 Å². The predicted octanol–water partition coefficient (Wildman–Crippen LogP) is 2.18. The normalized spacial score (nSPS) is 12.6. The number of benzene rings is 1. The third-order valence-electron chi connectivity index (χ3n) is 1.49. The van der Waals surface area contributed by atoms with Crippen LogP contribution in [0.1, 0.15) is 5.56 Å². The summed E-state index contributed by atoms with van der Waals surface area (Å²) >= 11 is 0. The third kappa shape index (κ3) is 3.37. The highest BCUT2D eigenvalue weighted by Gasteiger charge is 2.35. The fourth-order valence-electron chi connectivity index (χ4n) is 0.959. The molecule has 0 heterocycles. The van der Waals surface area contributed by atoms with Gasteiger partial charge in [0.05, 0.1) is 6.26 Å². The zero-order valence-corrected chi connectivity index (χ0v) is 8.69. The molecule has 0 aliphatic carbocycles. The average Bonchev–Trinajstić information content (AvgIpc) is 2.04. The average molecular weight is 258 g/mol. The number of hydrogen-bond donors (Lipinski definition) is 0. The number of alkyl halides is 3. The molecule has 0 aliphatic heterocycles. The Bertz CT molecular complexity index is 492. The molecule has 1 rings (SSSR count). The summed E-state index contributed by atoms with van der Waals surface area (Å²) in [6.45, 7) is 0. The van der Waals surface area contributed by atoms with Gasteiger partial charge in [0.15, 0.2) is 5.75 Å². The number of rotatable bonds is 2.